The van der Waals surface area contributed by atoms with Crippen molar-refractivity contribution in [2.45, 2.75) is 18.9 Å². The number of aromatic nitrogens is 2. The van der Waals surface area contributed by atoms with Gasteiger partial charge < -0.3 is 10.1 Å². The van der Waals surface area contributed by atoms with Crippen molar-refractivity contribution in [1.82, 2.24) is 15.3 Å². The topological polar surface area (TPSA) is 47.0 Å². The van der Waals surface area contributed by atoms with E-state index in [0.29, 0.717) is 6.10 Å². The standard InChI is InChI=1S/C17H19N3O/c1-2-12(17-4-5-18-11-20-17)6-15(3-1)21-16-7-13-9-19-10-14(13)8-16/h1-6,11,13-14,16,19H,7-10H2/t13-,14?,16?/m0/s1. The molecule has 0 amide bonds. The minimum Gasteiger partial charge on any atom is -0.490 e. The first-order valence-corrected chi connectivity index (χ1v) is 7.62. The van der Waals surface area contributed by atoms with Gasteiger partial charge in [0, 0.05) is 11.8 Å². The summed E-state index contributed by atoms with van der Waals surface area (Å²) in [5.74, 6) is 2.56. The summed E-state index contributed by atoms with van der Waals surface area (Å²) in [6.07, 6.45) is 6.06. The van der Waals surface area contributed by atoms with Gasteiger partial charge in [-0.15, -0.1) is 0 Å². The minimum absolute atomic E-state index is 0.364. The summed E-state index contributed by atoms with van der Waals surface area (Å²) >= 11 is 0. The predicted molar refractivity (Wildman–Crippen MR) is 81.0 cm³/mol. The fourth-order valence-corrected chi connectivity index (χ4v) is 3.59. The Balaban J connectivity index is 1.49. The van der Waals surface area contributed by atoms with Gasteiger partial charge in [0.05, 0.1) is 11.8 Å². The van der Waals surface area contributed by atoms with Crippen molar-refractivity contribution in [1.29, 1.82) is 0 Å². The van der Waals surface area contributed by atoms with Crippen molar-refractivity contribution >= 4 is 0 Å². The predicted octanol–water partition coefficient (Wildman–Crippen LogP) is 2.52. The van der Waals surface area contributed by atoms with Crippen LogP contribution in [0.1, 0.15) is 12.8 Å². The fourth-order valence-electron chi connectivity index (χ4n) is 3.59. The van der Waals surface area contributed by atoms with E-state index in [0.717, 1.165) is 41.9 Å². The zero-order chi connectivity index (χ0) is 14.1. The van der Waals surface area contributed by atoms with E-state index in [4.69, 9.17) is 4.74 Å². The lowest BCUT2D eigenvalue weighted by Gasteiger charge is -2.15. The van der Waals surface area contributed by atoms with Crippen LogP contribution >= 0.6 is 0 Å². The van der Waals surface area contributed by atoms with Crippen LogP contribution in [0.25, 0.3) is 11.3 Å². The molecule has 1 saturated carbocycles. The maximum atomic E-state index is 6.20. The van der Waals surface area contributed by atoms with Crippen LogP contribution in [0.4, 0.5) is 0 Å². The smallest absolute Gasteiger partial charge is 0.120 e. The van der Waals surface area contributed by atoms with E-state index >= 15 is 0 Å². The maximum absolute atomic E-state index is 6.20. The van der Waals surface area contributed by atoms with Gasteiger partial charge in [-0.05, 0) is 56.0 Å². The largest absolute Gasteiger partial charge is 0.490 e. The third-order valence-corrected chi connectivity index (χ3v) is 4.63. The SMILES string of the molecule is c1cc(OC2CC3CNC[C@@H]3C2)cc(-c2ccncn2)c1. The second-order valence-electron chi connectivity index (χ2n) is 6.01. The molecule has 1 N–H and O–H groups in total. The Morgan fingerprint density at radius 2 is 1.95 bits per heavy atom. The first kappa shape index (κ1) is 12.8. The molecule has 1 aliphatic carbocycles. The molecule has 108 valence electrons. The molecule has 2 aromatic rings. The number of hydrogen-bond donors (Lipinski definition) is 1. The number of fused-ring (bicyclic) bond motifs is 1. The highest BCUT2D eigenvalue weighted by molar-refractivity contribution is 5.60. The Kier molecular flexibility index (Phi) is 3.31. The van der Waals surface area contributed by atoms with E-state index in [1.54, 1.807) is 12.5 Å². The van der Waals surface area contributed by atoms with Crippen LogP contribution in [-0.4, -0.2) is 29.2 Å². The highest BCUT2D eigenvalue weighted by atomic mass is 16.5. The second-order valence-corrected chi connectivity index (χ2v) is 6.01. The molecule has 4 heteroatoms. The molecule has 2 unspecified atom stereocenters. The van der Waals surface area contributed by atoms with Crippen molar-refractivity contribution in [3.8, 4) is 17.0 Å². The molecule has 1 saturated heterocycles. The zero-order valence-corrected chi connectivity index (χ0v) is 11.9. The van der Waals surface area contributed by atoms with Gasteiger partial charge in [0.25, 0.3) is 0 Å². The van der Waals surface area contributed by atoms with E-state index < -0.39 is 0 Å². The average Bonchev–Trinajstić information content (AvgIpc) is 3.10. The lowest BCUT2D eigenvalue weighted by molar-refractivity contribution is 0.199. The lowest BCUT2D eigenvalue weighted by atomic mass is 10.0. The summed E-state index contributed by atoms with van der Waals surface area (Å²) in [5, 5.41) is 3.47. The van der Waals surface area contributed by atoms with E-state index in [1.807, 2.05) is 18.2 Å². The molecular formula is C17H19N3O. The van der Waals surface area contributed by atoms with Crippen molar-refractivity contribution in [2.75, 3.05) is 13.1 Å². The Hall–Kier alpha value is -1.94. The molecule has 1 aromatic carbocycles. The van der Waals surface area contributed by atoms with Gasteiger partial charge in [0.2, 0.25) is 0 Å². The highest BCUT2D eigenvalue weighted by Crippen LogP contribution is 2.36. The summed E-state index contributed by atoms with van der Waals surface area (Å²) in [5.41, 5.74) is 2.01. The van der Waals surface area contributed by atoms with Crippen LogP contribution < -0.4 is 10.1 Å². The fraction of sp³-hybridized carbons (Fsp3) is 0.412. The summed E-state index contributed by atoms with van der Waals surface area (Å²) in [6, 6.07) is 10.1. The third kappa shape index (κ3) is 2.63. The first-order chi connectivity index (χ1) is 10.4. The molecular weight excluding hydrogens is 262 g/mol. The van der Waals surface area contributed by atoms with Gasteiger partial charge in [0.15, 0.2) is 0 Å². The van der Waals surface area contributed by atoms with Gasteiger partial charge in [-0.1, -0.05) is 12.1 Å². The molecule has 0 bridgehead atoms. The Labute approximate surface area is 124 Å². The second kappa shape index (κ2) is 5.45. The Bertz CT molecular complexity index is 604. The summed E-state index contributed by atoms with van der Waals surface area (Å²) in [6.45, 7) is 2.32. The summed E-state index contributed by atoms with van der Waals surface area (Å²) in [7, 11) is 0. The van der Waals surface area contributed by atoms with Crippen LogP contribution in [0.2, 0.25) is 0 Å². The van der Waals surface area contributed by atoms with Crippen molar-refractivity contribution in [3.05, 3.63) is 42.9 Å². The van der Waals surface area contributed by atoms with Gasteiger partial charge in [-0.3, -0.25) is 0 Å². The number of rotatable bonds is 3. The van der Waals surface area contributed by atoms with Gasteiger partial charge in [0.1, 0.15) is 12.1 Å². The molecule has 3 atom stereocenters. The summed E-state index contributed by atoms with van der Waals surface area (Å²) < 4.78 is 6.20. The highest BCUT2D eigenvalue weighted by Gasteiger charge is 2.38. The van der Waals surface area contributed by atoms with Gasteiger partial charge in [-0.2, -0.15) is 0 Å². The summed E-state index contributed by atoms with van der Waals surface area (Å²) in [4.78, 5) is 8.25. The quantitative estimate of drug-likeness (QED) is 0.939. The number of nitrogens with zero attached hydrogens (tertiary/aromatic N) is 2. The first-order valence-electron chi connectivity index (χ1n) is 7.62. The third-order valence-electron chi connectivity index (χ3n) is 4.63. The molecule has 1 aliphatic heterocycles. The molecule has 2 heterocycles. The van der Waals surface area contributed by atoms with Gasteiger partial charge in [-0.25, -0.2) is 9.97 Å². The van der Waals surface area contributed by atoms with E-state index in [9.17, 15) is 0 Å². The van der Waals surface area contributed by atoms with E-state index in [2.05, 4.69) is 27.4 Å². The normalized spacial score (nSPS) is 27.5. The van der Waals surface area contributed by atoms with Crippen LogP contribution in [0.15, 0.2) is 42.9 Å². The number of benzene rings is 1. The molecule has 21 heavy (non-hydrogen) atoms. The van der Waals surface area contributed by atoms with Gasteiger partial charge >= 0.3 is 0 Å². The van der Waals surface area contributed by atoms with E-state index in [-0.39, 0.29) is 0 Å². The molecule has 0 radical (unpaired) electrons. The molecule has 0 spiro atoms. The minimum atomic E-state index is 0.364. The van der Waals surface area contributed by atoms with Crippen molar-refractivity contribution in [2.24, 2.45) is 11.8 Å². The lowest BCUT2D eigenvalue weighted by Crippen LogP contribution is -2.18. The monoisotopic (exact) mass is 281 g/mol. The number of nitrogens with one attached hydrogen (secondary N) is 1. The maximum Gasteiger partial charge on any atom is 0.120 e. The molecule has 1 aromatic heterocycles. The average molecular weight is 281 g/mol. The zero-order valence-electron chi connectivity index (χ0n) is 11.9. The Morgan fingerprint density at radius 1 is 1.10 bits per heavy atom. The van der Waals surface area contributed by atoms with Crippen LogP contribution in [0.3, 0.4) is 0 Å². The van der Waals surface area contributed by atoms with Crippen LogP contribution in [-0.2, 0) is 0 Å². The van der Waals surface area contributed by atoms with Crippen LogP contribution in [0, 0.1) is 11.8 Å². The molecule has 4 rings (SSSR count). The molecule has 4 nitrogen and oxygen atoms in total. The van der Waals surface area contributed by atoms with Crippen molar-refractivity contribution in [3.63, 3.8) is 0 Å². The number of hydrogen-bond acceptors (Lipinski definition) is 4. The van der Waals surface area contributed by atoms with E-state index in [1.165, 1.54) is 12.8 Å². The Morgan fingerprint density at radius 3 is 2.71 bits per heavy atom. The molecule has 2 aliphatic rings. The van der Waals surface area contributed by atoms with Crippen LogP contribution in [0.5, 0.6) is 5.75 Å². The van der Waals surface area contributed by atoms with Crippen molar-refractivity contribution < 1.29 is 4.74 Å². The molecule has 2 fully saturated rings. The number of ether oxygens (including phenoxy) is 1.